The van der Waals surface area contributed by atoms with Crippen LogP contribution in [0.25, 0.3) is 0 Å². The Morgan fingerprint density at radius 2 is 1.52 bits per heavy atom. The number of anilines is 1. The molecule has 2 aromatic rings. The second-order valence-electron chi connectivity index (χ2n) is 6.08. The predicted octanol–water partition coefficient (Wildman–Crippen LogP) is 2.62. The summed E-state index contributed by atoms with van der Waals surface area (Å²) in [7, 11) is 3.34. The van der Waals surface area contributed by atoms with Crippen molar-refractivity contribution in [1.29, 1.82) is 0 Å². The van der Waals surface area contributed by atoms with Gasteiger partial charge in [0.15, 0.2) is 0 Å². The Morgan fingerprint density at radius 3 is 2.04 bits per heavy atom. The van der Waals surface area contributed by atoms with Gasteiger partial charge < -0.3 is 10.2 Å². The first kappa shape index (κ1) is 16.7. The van der Waals surface area contributed by atoms with E-state index < -0.39 is 0 Å². The third-order valence-electron chi connectivity index (χ3n) is 4.11. The highest BCUT2D eigenvalue weighted by atomic mass is 16.2. The normalized spacial score (nSPS) is 13.0. The first-order chi connectivity index (χ1) is 12.0. The average Bonchev–Trinajstić information content (AvgIpc) is 2.85. The quantitative estimate of drug-likeness (QED) is 0.872. The number of hydrogen-bond donors (Lipinski definition) is 1. The molecule has 0 aromatic heterocycles. The van der Waals surface area contributed by atoms with Gasteiger partial charge in [0.2, 0.25) is 0 Å². The van der Waals surface area contributed by atoms with Gasteiger partial charge in [-0.2, -0.15) is 0 Å². The summed E-state index contributed by atoms with van der Waals surface area (Å²) in [5, 5.41) is 2.76. The number of rotatable bonds is 4. The smallest absolute Gasteiger partial charge is 0.321 e. The molecule has 128 valence electrons. The van der Waals surface area contributed by atoms with Gasteiger partial charge in [-0.3, -0.25) is 14.5 Å². The van der Waals surface area contributed by atoms with Crippen molar-refractivity contribution in [2.75, 3.05) is 26.0 Å². The summed E-state index contributed by atoms with van der Waals surface area (Å²) in [4.78, 5) is 39.0. The first-order valence-corrected chi connectivity index (χ1v) is 8.00. The van der Waals surface area contributed by atoms with E-state index in [9.17, 15) is 14.4 Å². The van der Waals surface area contributed by atoms with E-state index in [0.717, 1.165) is 5.56 Å². The van der Waals surface area contributed by atoms with Crippen molar-refractivity contribution in [2.24, 2.45) is 0 Å². The third-order valence-corrected chi connectivity index (χ3v) is 4.11. The van der Waals surface area contributed by atoms with Gasteiger partial charge in [0.25, 0.3) is 11.8 Å². The lowest BCUT2D eigenvalue weighted by Crippen LogP contribution is -2.31. The number of benzene rings is 2. The maximum Gasteiger partial charge on any atom is 0.321 e. The molecule has 0 radical (unpaired) electrons. The van der Waals surface area contributed by atoms with Gasteiger partial charge >= 0.3 is 6.03 Å². The zero-order valence-electron chi connectivity index (χ0n) is 14.2. The van der Waals surface area contributed by atoms with Crippen molar-refractivity contribution in [2.45, 2.75) is 6.42 Å². The predicted molar refractivity (Wildman–Crippen MR) is 94.7 cm³/mol. The van der Waals surface area contributed by atoms with E-state index in [0.29, 0.717) is 29.8 Å². The molecule has 0 fully saturated rings. The Hall–Kier alpha value is -3.15. The van der Waals surface area contributed by atoms with Gasteiger partial charge in [-0.1, -0.05) is 24.3 Å². The van der Waals surface area contributed by atoms with Crippen LogP contribution in [0, 0.1) is 0 Å². The second-order valence-corrected chi connectivity index (χ2v) is 6.08. The summed E-state index contributed by atoms with van der Waals surface area (Å²) >= 11 is 0. The van der Waals surface area contributed by atoms with E-state index in [1.807, 2.05) is 12.1 Å². The van der Waals surface area contributed by atoms with E-state index in [4.69, 9.17) is 0 Å². The number of carbonyl (C=O) groups excluding carboxylic acids is 3. The van der Waals surface area contributed by atoms with Crippen molar-refractivity contribution in [3.8, 4) is 0 Å². The molecule has 0 aliphatic carbocycles. The molecule has 3 rings (SSSR count). The highest BCUT2D eigenvalue weighted by Gasteiger charge is 2.34. The van der Waals surface area contributed by atoms with Crippen molar-refractivity contribution in [1.82, 2.24) is 9.80 Å². The Kier molecular flexibility index (Phi) is 4.52. The second kappa shape index (κ2) is 6.76. The highest BCUT2D eigenvalue weighted by molar-refractivity contribution is 6.21. The van der Waals surface area contributed by atoms with Gasteiger partial charge in [0.1, 0.15) is 0 Å². The largest absolute Gasteiger partial charge is 0.331 e. The monoisotopic (exact) mass is 337 g/mol. The summed E-state index contributed by atoms with van der Waals surface area (Å²) in [6.45, 7) is 0.329. The Morgan fingerprint density at radius 1 is 0.960 bits per heavy atom. The summed E-state index contributed by atoms with van der Waals surface area (Å²) in [5.74, 6) is -0.481. The van der Waals surface area contributed by atoms with Gasteiger partial charge in [-0.15, -0.1) is 0 Å². The number of carbonyl (C=O) groups is 3. The zero-order valence-corrected chi connectivity index (χ0v) is 14.2. The number of urea groups is 1. The lowest BCUT2D eigenvalue weighted by molar-refractivity contribution is 0.0656. The SMILES string of the molecule is CN(C)C(=O)Nc1ccc(CCN2C(=O)c3ccccc3C2=O)cc1. The fraction of sp³-hybridized carbons (Fsp3) is 0.211. The van der Waals surface area contributed by atoms with Gasteiger partial charge in [0, 0.05) is 26.3 Å². The molecule has 6 heteroatoms. The topological polar surface area (TPSA) is 69.7 Å². The maximum atomic E-state index is 12.3. The molecule has 0 saturated carbocycles. The first-order valence-electron chi connectivity index (χ1n) is 8.00. The van der Waals surface area contributed by atoms with Crippen molar-refractivity contribution in [3.63, 3.8) is 0 Å². The van der Waals surface area contributed by atoms with Gasteiger partial charge in [-0.05, 0) is 36.2 Å². The standard InChI is InChI=1S/C19H19N3O3/c1-21(2)19(25)20-14-9-7-13(8-10-14)11-12-22-17(23)15-5-3-4-6-16(15)18(22)24/h3-10H,11-12H2,1-2H3,(H,20,25). The van der Waals surface area contributed by atoms with Crippen LogP contribution in [-0.4, -0.2) is 48.3 Å². The molecular weight excluding hydrogens is 318 g/mol. The molecule has 1 aliphatic heterocycles. The lowest BCUT2D eigenvalue weighted by Gasteiger charge is -2.14. The Labute approximate surface area is 146 Å². The molecule has 1 heterocycles. The fourth-order valence-corrected chi connectivity index (χ4v) is 2.67. The number of nitrogens with zero attached hydrogens (tertiary/aromatic N) is 2. The van der Waals surface area contributed by atoms with Crippen LogP contribution >= 0.6 is 0 Å². The van der Waals surface area contributed by atoms with Crippen LogP contribution in [0.3, 0.4) is 0 Å². The van der Waals surface area contributed by atoms with Crippen LogP contribution in [0.2, 0.25) is 0 Å². The Balaban J connectivity index is 1.62. The van der Waals surface area contributed by atoms with Crippen LogP contribution in [0.5, 0.6) is 0 Å². The Bertz CT molecular complexity index is 793. The number of hydrogen-bond acceptors (Lipinski definition) is 3. The highest BCUT2D eigenvalue weighted by Crippen LogP contribution is 2.22. The molecule has 0 saturated heterocycles. The van der Waals surface area contributed by atoms with Crippen molar-refractivity contribution >= 4 is 23.5 Å². The van der Waals surface area contributed by atoms with E-state index in [1.165, 1.54) is 9.80 Å². The molecule has 0 atom stereocenters. The molecule has 0 spiro atoms. The average molecular weight is 337 g/mol. The fourth-order valence-electron chi connectivity index (χ4n) is 2.67. The minimum absolute atomic E-state index is 0.196. The minimum atomic E-state index is -0.240. The third kappa shape index (κ3) is 3.38. The zero-order chi connectivity index (χ0) is 18.0. The molecule has 6 nitrogen and oxygen atoms in total. The molecule has 25 heavy (non-hydrogen) atoms. The number of amides is 4. The molecule has 1 N–H and O–H groups in total. The summed E-state index contributed by atoms with van der Waals surface area (Å²) in [6, 6.07) is 14.0. The molecule has 1 aliphatic rings. The molecule has 4 amide bonds. The van der Waals surface area contributed by atoms with Gasteiger partial charge in [-0.25, -0.2) is 4.79 Å². The number of fused-ring (bicyclic) bond motifs is 1. The molecule has 2 aromatic carbocycles. The summed E-state index contributed by atoms with van der Waals surface area (Å²) < 4.78 is 0. The van der Waals surface area contributed by atoms with Gasteiger partial charge in [0.05, 0.1) is 11.1 Å². The molecule has 0 bridgehead atoms. The summed E-state index contributed by atoms with van der Waals surface area (Å²) in [6.07, 6.45) is 0.563. The summed E-state index contributed by atoms with van der Waals surface area (Å²) in [5.41, 5.74) is 2.62. The van der Waals surface area contributed by atoms with E-state index >= 15 is 0 Å². The number of nitrogens with one attached hydrogen (secondary N) is 1. The van der Waals surface area contributed by atoms with Crippen LogP contribution < -0.4 is 5.32 Å². The minimum Gasteiger partial charge on any atom is -0.331 e. The molecular formula is C19H19N3O3. The lowest BCUT2D eigenvalue weighted by atomic mass is 10.1. The number of imide groups is 1. The maximum absolute atomic E-state index is 12.3. The molecule has 0 unspecified atom stereocenters. The van der Waals surface area contributed by atoms with E-state index in [1.54, 1.807) is 50.5 Å². The van der Waals surface area contributed by atoms with E-state index in [-0.39, 0.29) is 17.8 Å². The van der Waals surface area contributed by atoms with Crippen molar-refractivity contribution < 1.29 is 14.4 Å². The van der Waals surface area contributed by atoms with Crippen LogP contribution in [0.4, 0.5) is 10.5 Å². The van der Waals surface area contributed by atoms with Crippen molar-refractivity contribution in [3.05, 3.63) is 65.2 Å². The van der Waals surface area contributed by atoms with E-state index in [2.05, 4.69) is 5.32 Å². The van der Waals surface area contributed by atoms with Crippen LogP contribution in [-0.2, 0) is 6.42 Å². The van der Waals surface area contributed by atoms with Crippen LogP contribution in [0.1, 0.15) is 26.3 Å². The van der Waals surface area contributed by atoms with Crippen LogP contribution in [0.15, 0.2) is 48.5 Å².